The Balaban J connectivity index is 2.32. The zero-order chi connectivity index (χ0) is 14.0. The normalized spacial score (nSPS) is 11.3. The number of aliphatic carboxylic acids is 1. The maximum Gasteiger partial charge on any atom is 0.315 e. The molecule has 0 amide bonds. The van der Waals surface area contributed by atoms with Crippen molar-refractivity contribution in [1.29, 1.82) is 0 Å². The van der Waals surface area contributed by atoms with E-state index in [2.05, 4.69) is 9.97 Å². The molecule has 0 aliphatic rings. The highest BCUT2D eigenvalue weighted by Crippen LogP contribution is 2.30. The molecule has 2 rings (SSSR count). The lowest BCUT2D eigenvalue weighted by Crippen LogP contribution is -2.28. The summed E-state index contributed by atoms with van der Waals surface area (Å²) in [5.74, 6) is -0.358. The molecule has 0 aromatic carbocycles. The van der Waals surface area contributed by atoms with E-state index in [1.54, 1.807) is 38.6 Å². The molecule has 19 heavy (non-hydrogen) atoms. The molecular weight excluding hydrogens is 264 g/mol. The average Bonchev–Trinajstić information content (AvgIpc) is 2.89. The highest BCUT2D eigenvalue weighted by molar-refractivity contribution is 7.13. The first kappa shape index (κ1) is 13.5. The summed E-state index contributed by atoms with van der Waals surface area (Å²) in [7, 11) is 1.55. The first-order valence-corrected chi connectivity index (χ1v) is 6.53. The summed E-state index contributed by atoms with van der Waals surface area (Å²) in [5, 5.41) is 11.7. The number of ether oxygens (including phenoxy) is 1. The molecule has 0 saturated carbocycles. The van der Waals surface area contributed by atoms with Gasteiger partial charge >= 0.3 is 5.97 Å². The van der Waals surface area contributed by atoms with Gasteiger partial charge in [-0.1, -0.05) is 0 Å². The quantitative estimate of drug-likeness (QED) is 0.930. The number of carboxylic acids is 1. The lowest BCUT2D eigenvalue weighted by atomic mass is 9.90. The van der Waals surface area contributed by atoms with E-state index in [0.29, 0.717) is 11.6 Å². The monoisotopic (exact) mass is 278 g/mol. The zero-order valence-electron chi connectivity index (χ0n) is 10.9. The van der Waals surface area contributed by atoms with Gasteiger partial charge in [-0.15, -0.1) is 11.3 Å². The number of nitrogens with zero attached hydrogens (tertiary/aromatic N) is 2. The van der Waals surface area contributed by atoms with Crippen LogP contribution in [0.4, 0.5) is 0 Å². The van der Waals surface area contributed by atoms with Crippen LogP contribution in [0.25, 0.3) is 10.6 Å². The molecule has 0 spiro atoms. The van der Waals surface area contributed by atoms with Crippen LogP contribution in [0.3, 0.4) is 0 Å². The number of pyridine rings is 1. The van der Waals surface area contributed by atoms with Crippen molar-refractivity contribution in [1.82, 2.24) is 9.97 Å². The minimum atomic E-state index is -0.991. The molecule has 2 aromatic rings. The van der Waals surface area contributed by atoms with Crippen LogP contribution in [-0.4, -0.2) is 28.2 Å². The van der Waals surface area contributed by atoms with Crippen molar-refractivity contribution in [3.8, 4) is 16.5 Å². The Morgan fingerprint density at radius 3 is 2.68 bits per heavy atom. The Labute approximate surface area is 114 Å². The number of hydrogen-bond donors (Lipinski definition) is 1. The summed E-state index contributed by atoms with van der Waals surface area (Å²) >= 11 is 1.41. The predicted octanol–water partition coefficient (Wildman–Crippen LogP) is 2.58. The van der Waals surface area contributed by atoms with Gasteiger partial charge in [0, 0.05) is 23.2 Å². The second-order valence-corrected chi connectivity index (χ2v) is 5.42. The van der Waals surface area contributed by atoms with Crippen molar-refractivity contribution in [2.75, 3.05) is 7.11 Å². The Hall–Kier alpha value is -1.95. The van der Waals surface area contributed by atoms with Crippen LogP contribution in [0.15, 0.2) is 23.7 Å². The summed E-state index contributed by atoms with van der Waals surface area (Å²) < 4.78 is 4.99. The molecule has 0 bridgehead atoms. The number of carboxylic acid groups (broad SMARTS) is 1. The number of rotatable bonds is 4. The van der Waals surface area contributed by atoms with E-state index in [-0.39, 0.29) is 0 Å². The standard InChI is InChI=1S/C13H14N2O3S/c1-13(2,12(16)17)9-7-19-11(15-9)8-4-5-10(18-3)14-6-8/h4-7H,1-3H3,(H,16,17). The molecule has 0 unspecified atom stereocenters. The number of methoxy groups -OCH3 is 1. The third-order valence-corrected chi connectivity index (χ3v) is 3.76. The SMILES string of the molecule is COc1ccc(-c2nc(C(C)(C)C(=O)O)cs2)cn1. The summed E-state index contributed by atoms with van der Waals surface area (Å²) in [6, 6.07) is 3.60. The molecule has 0 aliphatic heterocycles. The molecule has 2 aromatic heterocycles. The molecule has 100 valence electrons. The van der Waals surface area contributed by atoms with Gasteiger partial charge in [-0.05, 0) is 19.9 Å². The molecule has 1 N–H and O–H groups in total. The molecular formula is C13H14N2O3S. The molecule has 0 atom stereocenters. The summed E-state index contributed by atoms with van der Waals surface area (Å²) in [5.41, 5.74) is 0.406. The van der Waals surface area contributed by atoms with Crippen LogP contribution >= 0.6 is 11.3 Å². The Kier molecular flexibility index (Phi) is 3.53. The fourth-order valence-corrected chi connectivity index (χ4v) is 2.41. The van der Waals surface area contributed by atoms with E-state index in [9.17, 15) is 9.90 Å². The van der Waals surface area contributed by atoms with Crippen molar-refractivity contribution in [2.24, 2.45) is 0 Å². The first-order valence-electron chi connectivity index (χ1n) is 5.65. The molecule has 0 fully saturated rings. The van der Waals surface area contributed by atoms with Crippen molar-refractivity contribution >= 4 is 17.3 Å². The maximum atomic E-state index is 11.2. The van der Waals surface area contributed by atoms with Gasteiger partial charge in [0.1, 0.15) is 10.4 Å². The van der Waals surface area contributed by atoms with Gasteiger partial charge in [0.2, 0.25) is 5.88 Å². The number of thiazole rings is 1. The smallest absolute Gasteiger partial charge is 0.315 e. The van der Waals surface area contributed by atoms with Crippen LogP contribution in [0.5, 0.6) is 5.88 Å². The summed E-state index contributed by atoms with van der Waals surface area (Å²) in [6.07, 6.45) is 1.66. The molecule has 6 heteroatoms. The molecule has 0 radical (unpaired) electrons. The van der Waals surface area contributed by atoms with Gasteiger partial charge in [0.05, 0.1) is 12.8 Å². The minimum absolute atomic E-state index is 0.534. The lowest BCUT2D eigenvalue weighted by molar-refractivity contribution is -0.142. The van der Waals surface area contributed by atoms with Gasteiger partial charge in [0.25, 0.3) is 0 Å². The fraction of sp³-hybridized carbons (Fsp3) is 0.308. The topological polar surface area (TPSA) is 72.3 Å². The highest BCUT2D eigenvalue weighted by atomic mass is 32.1. The minimum Gasteiger partial charge on any atom is -0.481 e. The van der Waals surface area contributed by atoms with E-state index < -0.39 is 11.4 Å². The second-order valence-electron chi connectivity index (χ2n) is 4.56. The number of hydrogen-bond acceptors (Lipinski definition) is 5. The third-order valence-electron chi connectivity index (χ3n) is 2.87. The van der Waals surface area contributed by atoms with Crippen LogP contribution in [0.1, 0.15) is 19.5 Å². The molecule has 0 saturated heterocycles. The Morgan fingerprint density at radius 1 is 1.42 bits per heavy atom. The zero-order valence-corrected chi connectivity index (χ0v) is 11.7. The van der Waals surface area contributed by atoms with Crippen molar-refractivity contribution < 1.29 is 14.6 Å². The summed E-state index contributed by atoms with van der Waals surface area (Å²) in [4.78, 5) is 19.7. The predicted molar refractivity (Wildman–Crippen MR) is 72.6 cm³/mol. The Morgan fingerprint density at radius 2 is 2.16 bits per heavy atom. The van der Waals surface area contributed by atoms with Crippen LogP contribution in [0, 0.1) is 0 Å². The fourth-order valence-electron chi connectivity index (χ4n) is 1.43. The van der Waals surface area contributed by atoms with Gasteiger partial charge < -0.3 is 9.84 Å². The van der Waals surface area contributed by atoms with Crippen molar-refractivity contribution in [3.63, 3.8) is 0 Å². The molecule has 2 heterocycles. The average molecular weight is 278 g/mol. The Bertz CT molecular complexity index is 590. The van der Waals surface area contributed by atoms with Crippen LogP contribution < -0.4 is 4.74 Å². The van der Waals surface area contributed by atoms with Gasteiger partial charge in [0.15, 0.2) is 0 Å². The first-order chi connectivity index (χ1) is 8.95. The van der Waals surface area contributed by atoms with Crippen molar-refractivity contribution in [2.45, 2.75) is 19.3 Å². The number of carbonyl (C=O) groups is 1. The second kappa shape index (κ2) is 4.97. The molecule has 5 nitrogen and oxygen atoms in total. The highest BCUT2D eigenvalue weighted by Gasteiger charge is 2.32. The summed E-state index contributed by atoms with van der Waals surface area (Å²) in [6.45, 7) is 3.28. The number of aromatic nitrogens is 2. The molecule has 0 aliphatic carbocycles. The van der Waals surface area contributed by atoms with Gasteiger partial charge in [-0.3, -0.25) is 4.79 Å². The van der Waals surface area contributed by atoms with E-state index in [4.69, 9.17) is 4.74 Å². The van der Waals surface area contributed by atoms with E-state index in [0.717, 1.165) is 10.6 Å². The lowest BCUT2D eigenvalue weighted by Gasteiger charge is -2.15. The van der Waals surface area contributed by atoms with E-state index >= 15 is 0 Å². The van der Waals surface area contributed by atoms with Crippen LogP contribution in [-0.2, 0) is 10.2 Å². The van der Waals surface area contributed by atoms with Crippen molar-refractivity contribution in [3.05, 3.63) is 29.4 Å². The van der Waals surface area contributed by atoms with Gasteiger partial charge in [-0.25, -0.2) is 9.97 Å². The van der Waals surface area contributed by atoms with Crippen LogP contribution in [0.2, 0.25) is 0 Å². The van der Waals surface area contributed by atoms with E-state index in [1.807, 2.05) is 6.07 Å². The largest absolute Gasteiger partial charge is 0.481 e. The maximum absolute atomic E-state index is 11.2. The van der Waals surface area contributed by atoms with E-state index in [1.165, 1.54) is 11.3 Å². The third kappa shape index (κ3) is 2.58. The van der Waals surface area contributed by atoms with Gasteiger partial charge in [-0.2, -0.15) is 0 Å².